The van der Waals surface area contributed by atoms with Crippen molar-refractivity contribution < 1.29 is 13.9 Å². The van der Waals surface area contributed by atoms with E-state index in [9.17, 15) is 9.59 Å². The molecule has 5 heteroatoms. The van der Waals surface area contributed by atoms with Crippen LogP contribution in [0.3, 0.4) is 0 Å². The number of carbonyl (C=O) groups is 1. The molecule has 1 N–H and O–H groups in total. The highest BCUT2D eigenvalue weighted by atomic mass is 16.5. The van der Waals surface area contributed by atoms with Crippen LogP contribution in [0.1, 0.15) is 23.0 Å². The lowest BCUT2D eigenvalue weighted by molar-refractivity contribution is 0.0522. The number of esters is 1. The van der Waals surface area contributed by atoms with Crippen LogP contribution in [0.2, 0.25) is 0 Å². The molecule has 2 aliphatic rings. The van der Waals surface area contributed by atoms with Crippen LogP contribution in [0.5, 0.6) is 0 Å². The predicted molar refractivity (Wildman–Crippen MR) is 56.6 cm³/mol. The Hall–Kier alpha value is -2.04. The van der Waals surface area contributed by atoms with Crippen LogP contribution < -0.4 is 5.56 Å². The summed E-state index contributed by atoms with van der Waals surface area (Å²) in [5.41, 5.74) is 0.578. The lowest BCUT2D eigenvalue weighted by Crippen LogP contribution is -2.07. The van der Waals surface area contributed by atoms with Gasteiger partial charge in [0.25, 0.3) is 5.56 Å². The fourth-order valence-corrected chi connectivity index (χ4v) is 1.50. The molecular formula is C11H11NO4. The molecular weight excluding hydrogens is 210 g/mol. The van der Waals surface area contributed by atoms with Crippen LogP contribution in [-0.2, 0) is 4.74 Å². The largest absolute Gasteiger partial charge is 0.462 e. The fourth-order valence-electron chi connectivity index (χ4n) is 1.50. The van der Waals surface area contributed by atoms with Crippen molar-refractivity contribution in [3.63, 3.8) is 0 Å². The predicted octanol–water partition coefficient (Wildman–Crippen LogP) is 1.56. The van der Waals surface area contributed by atoms with Crippen molar-refractivity contribution in [3.8, 4) is 11.5 Å². The smallest absolute Gasteiger partial charge is 0.341 e. The Morgan fingerprint density at radius 2 is 2.25 bits per heavy atom. The Labute approximate surface area is 91.4 Å². The Kier molecular flexibility index (Phi) is 2.52. The molecule has 0 atom stereocenters. The molecule has 0 saturated heterocycles. The molecule has 84 valence electrons. The van der Waals surface area contributed by atoms with Crippen LogP contribution in [0.15, 0.2) is 21.3 Å². The van der Waals surface area contributed by atoms with E-state index in [0.717, 1.165) is 0 Å². The van der Waals surface area contributed by atoms with Gasteiger partial charge in [0.15, 0.2) is 5.76 Å². The Balaban J connectivity index is 2.54. The maximum atomic E-state index is 11.5. The minimum Gasteiger partial charge on any atom is -0.462 e. The van der Waals surface area contributed by atoms with Crippen molar-refractivity contribution in [2.45, 2.75) is 13.8 Å². The Morgan fingerprint density at radius 1 is 1.50 bits per heavy atom. The normalized spacial score (nSPS) is 10.6. The van der Waals surface area contributed by atoms with Crippen LogP contribution in [0.25, 0.3) is 11.5 Å². The van der Waals surface area contributed by atoms with Crippen molar-refractivity contribution >= 4 is 5.97 Å². The zero-order valence-corrected chi connectivity index (χ0v) is 8.99. The van der Waals surface area contributed by atoms with Gasteiger partial charge in [0.05, 0.1) is 17.9 Å². The van der Waals surface area contributed by atoms with Crippen LogP contribution in [0.4, 0.5) is 0 Å². The molecule has 5 nitrogen and oxygen atoms in total. The van der Waals surface area contributed by atoms with Gasteiger partial charge in [0, 0.05) is 6.07 Å². The second-order valence-corrected chi connectivity index (χ2v) is 3.35. The van der Waals surface area contributed by atoms with Gasteiger partial charge in [-0.1, -0.05) is 0 Å². The highest BCUT2D eigenvalue weighted by molar-refractivity contribution is 5.91. The summed E-state index contributed by atoms with van der Waals surface area (Å²) in [7, 11) is 0. The number of rotatable bonds is 2. The zero-order valence-electron chi connectivity index (χ0n) is 8.99. The van der Waals surface area contributed by atoms with E-state index in [1.165, 1.54) is 6.07 Å². The van der Waals surface area contributed by atoms with Crippen LogP contribution in [0, 0.1) is 6.92 Å². The van der Waals surface area contributed by atoms with Gasteiger partial charge in [-0.25, -0.2) is 4.79 Å². The summed E-state index contributed by atoms with van der Waals surface area (Å²) in [6.07, 6.45) is 0. The monoisotopic (exact) mass is 221 g/mol. The van der Waals surface area contributed by atoms with Gasteiger partial charge >= 0.3 is 5.97 Å². The van der Waals surface area contributed by atoms with E-state index in [4.69, 9.17) is 9.15 Å². The molecule has 0 saturated carbocycles. The molecule has 2 rings (SSSR count). The van der Waals surface area contributed by atoms with Gasteiger partial charge in [0.2, 0.25) is 0 Å². The summed E-state index contributed by atoms with van der Waals surface area (Å²) in [4.78, 5) is 25.2. The molecule has 0 aromatic heterocycles. The van der Waals surface area contributed by atoms with Crippen LogP contribution in [-0.4, -0.2) is 17.6 Å². The number of ether oxygens (including phenoxy) is 1. The SMILES string of the molecule is CCOC(=O)c1cc2[nH]c(=O)cc-2oc1C. The van der Waals surface area contributed by atoms with Crippen molar-refractivity contribution in [1.82, 2.24) is 4.98 Å². The summed E-state index contributed by atoms with van der Waals surface area (Å²) in [5.74, 6) is 0.424. The molecule has 0 radical (unpaired) electrons. The van der Waals surface area contributed by atoms with Gasteiger partial charge in [-0.05, 0) is 19.9 Å². The lowest BCUT2D eigenvalue weighted by atomic mass is 10.2. The standard InChI is InChI=1S/C11H11NO4/c1-3-15-11(14)7-4-8-9(16-6(7)2)5-10(13)12-8/h4-5H,3H2,1-2H3,(H,12,13). The first-order valence-corrected chi connectivity index (χ1v) is 4.92. The summed E-state index contributed by atoms with van der Waals surface area (Å²) in [6.45, 7) is 3.68. The third-order valence-corrected chi connectivity index (χ3v) is 2.21. The number of aromatic amines is 1. The average molecular weight is 221 g/mol. The number of nitrogens with one attached hydrogen (secondary N) is 1. The van der Waals surface area contributed by atoms with Crippen LogP contribution >= 0.6 is 0 Å². The van der Waals surface area contributed by atoms with Crippen molar-refractivity contribution in [1.29, 1.82) is 0 Å². The topological polar surface area (TPSA) is 72.3 Å². The number of aryl methyl sites for hydroxylation is 1. The summed E-state index contributed by atoms with van der Waals surface area (Å²) < 4.78 is 10.2. The molecule has 0 unspecified atom stereocenters. The molecule has 0 aliphatic carbocycles. The van der Waals surface area contributed by atoms with Crippen molar-refractivity contribution in [2.75, 3.05) is 6.61 Å². The van der Waals surface area contributed by atoms with Gasteiger partial charge in [-0.3, -0.25) is 4.79 Å². The molecule has 16 heavy (non-hydrogen) atoms. The Morgan fingerprint density at radius 3 is 2.94 bits per heavy atom. The van der Waals surface area contributed by atoms with E-state index in [0.29, 0.717) is 29.4 Å². The maximum Gasteiger partial charge on any atom is 0.341 e. The van der Waals surface area contributed by atoms with Gasteiger partial charge < -0.3 is 14.1 Å². The van der Waals surface area contributed by atoms with Gasteiger partial charge in [-0.2, -0.15) is 0 Å². The number of carbonyl (C=O) groups excluding carboxylic acids is 1. The molecule has 0 spiro atoms. The average Bonchev–Trinajstić information content (AvgIpc) is 2.56. The maximum absolute atomic E-state index is 11.5. The molecule has 2 heterocycles. The second-order valence-electron chi connectivity index (χ2n) is 3.35. The highest BCUT2D eigenvalue weighted by Crippen LogP contribution is 2.23. The highest BCUT2D eigenvalue weighted by Gasteiger charge is 2.17. The Bertz CT molecular complexity index is 552. The lowest BCUT2D eigenvalue weighted by Gasteiger charge is -2.06. The van der Waals surface area contributed by atoms with E-state index in [1.54, 1.807) is 19.9 Å². The van der Waals surface area contributed by atoms with E-state index < -0.39 is 5.97 Å². The summed E-state index contributed by atoms with van der Waals surface area (Å²) >= 11 is 0. The minimum absolute atomic E-state index is 0.251. The van der Waals surface area contributed by atoms with Crippen molar-refractivity contribution in [3.05, 3.63) is 33.8 Å². The molecule has 0 amide bonds. The summed E-state index contributed by atoms with van der Waals surface area (Å²) in [5, 5.41) is 0. The van der Waals surface area contributed by atoms with E-state index in [1.807, 2.05) is 0 Å². The number of hydrogen-bond acceptors (Lipinski definition) is 4. The van der Waals surface area contributed by atoms with E-state index in [-0.39, 0.29) is 5.56 Å². The quantitative estimate of drug-likeness (QED) is 0.781. The molecule has 0 aromatic rings. The van der Waals surface area contributed by atoms with E-state index in [2.05, 4.69) is 4.98 Å². The first-order chi connectivity index (χ1) is 7.61. The van der Waals surface area contributed by atoms with Gasteiger partial charge in [0.1, 0.15) is 5.76 Å². The first-order valence-electron chi connectivity index (χ1n) is 4.92. The van der Waals surface area contributed by atoms with E-state index >= 15 is 0 Å². The number of H-pyrrole nitrogens is 1. The fraction of sp³-hybridized carbons (Fsp3) is 0.273. The molecule has 0 aromatic carbocycles. The third-order valence-electron chi connectivity index (χ3n) is 2.21. The zero-order chi connectivity index (χ0) is 11.7. The summed E-state index contributed by atoms with van der Waals surface area (Å²) in [6, 6.07) is 2.91. The molecule has 0 bridgehead atoms. The second kappa shape index (κ2) is 3.84. The third kappa shape index (κ3) is 1.71. The van der Waals surface area contributed by atoms with Gasteiger partial charge in [-0.15, -0.1) is 0 Å². The first kappa shape index (κ1) is 10.5. The molecule has 0 fully saturated rings. The molecule has 2 aliphatic heterocycles. The van der Waals surface area contributed by atoms with Crippen molar-refractivity contribution in [2.24, 2.45) is 0 Å². The number of fused-ring (bicyclic) bond motifs is 1. The number of hydrogen-bond donors (Lipinski definition) is 1. The number of aromatic nitrogens is 1. The minimum atomic E-state index is -0.451.